The third-order valence-corrected chi connectivity index (χ3v) is 4.61. The monoisotopic (exact) mass is 340 g/mol. The van der Waals surface area contributed by atoms with Crippen LogP contribution in [0, 0.1) is 5.92 Å². The molecule has 0 aliphatic heterocycles. The molecule has 0 fully saturated rings. The summed E-state index contributed by atoms with van der Waals surface area (Å²) in [5.74, 6) is 0.127. The third-order valence-electron chi connectivity index (χ3n) is 4.46. The zero-order valence-corrected chi connectivity index (χ0v) is 14.3. The maximum atomic E-state index is 12.3. The van der Waals surface area contributed by atoms with Crippen LogP contribution in [0.2, 0.25) is 0 Å². The summed E-state index contributed by atoms with van der Waals surface area (Å²) in [5.41, 5.74) is 5.01. The van der Waals surface area contributed by atoms with Gasteiger partial charge in [-0.2, -0.15) is 0 Å². The number of carbonyl (C=O) groups excluding carboxylic acids is 1. The number of rotatable bonds is 5. The van der Waals surface area contributed by atoms with E-state index in [0.29, 0.717) is 5.88 Å². The largest absolute Gasteiger partial charge is 0.464 e. The van der Waals surface area contributed by atoms with Gasteiger partial charge in [0.25, 0.3) is 0 Å². The highest BCUT2D eigenvalue weighted by Crippen LogP contribution is 2.40. The van der Waals surface area contributed by atoms with E-state index < -0.39 is 0 Å². The lowest BCUT2D eigenvalue weighted by atomic mass is 9.78. The maximum Gasteiger partial charge on any atom is 0.309 e. The normalized spacial score (nSPS) is 17.6. The van der Waals surface area contributed by atoms with E-state index in [4.69, 9.17) is 16.3 Å². The van der Waals surface area contributed by atoms with Crippen molar-refractivity contribution >= 4 is 28.7 Å². The molecule has 1 atom stereocenters. The van der Waals surface area contributed by atoms with Crippen molar-refractivity contribution in [3.63, 3.8) is 0 Å². The summed E-state index contributed by atoms with van der Waals surface area (Å²) in [6.45, 7) is 0.285. The molecule has 124 valence electrons. The van der Waals surface area contributed by atoms with Crippen molar-refractivity contribution in [2.45, 2.75) is 19.3 Å². The molecule has 1 unspecified atom stereocenters. The number of hydrogen-bond acceptors (Lipinski definition) is 2. The van der Waals surface area contributed by atoms with Crippen LogP contribution >= 0.6 is 11.6 Å². The predicted octanol–water partition coefficient (Wildman–Crippen LogP) is 5.18. The number of hydrogen-bond donors (Lipinski definition) is 0. The summed E-state index contributed by atoms with van der Waals surface area (Å²) in [4.78, 5) is 12.3. The molecule has 0 radical (unpaired) electrons. The number of allylic oxidation sites excluding steroid dienone is 2. The van der Waals surface area contributed by atoms with Crippen LogP contribution in [0.5, 0.6) is 0 Å². The van der Waals surface area contributed by atoms with E-state index in [-0.39, 0.29) is 18.5 Å². The first-order valence-electron chi connectivity index (χ1n) is 8.35. The Hall–Kier alpha value is -2.06. The SMILES string of the molecule is O=C(OCCCl)C1CCC(c2ccccc2)=C(c2ccccc2)C1. The van der Waals surface area contributed by atoms with Crippen LogP contribution in [0.1, 0.15) is 30.4 Å². The van der Waals surface area contributed by atoms with E-state index in [1.165, 1.54) is 22.3 Å². The fourth-order valence-electron chi connectivity index (χ4n) is 3.29. The van der Waals surface area contributed by atoms with Crippen molar-refractivity contribution < 1.29 is 9.53 Å². The smallest absolute Gasteiger partial charge is 0.309 e. The number of halogens is 1. The van der Waals surface area contributed by atoms with Gasteiger partial charge in [-0.1, -0.05) is 60.7 Å². The van der Waals surface area contributed by atoms with Gasteiger partial charge < -0.3 is 4.74 Å². The number of carbonyl (C=O) groups is 1. The standard InChI is InChI=1S/C21H21ClO2/c22-13-14-24-21(23)18-11-12-19(16-7-3-1-4-8-16)20(15-18)17-9-5-2-6-10-17/h1-10,18H,11-15H2. The molecule has 2 nitrogen and oxygen atoms in total. The second kappa shape index (κ2) is 8.16. The van der Waals surface area contributed by atoms with Crippen LogP contribution in [-0.2, 0) is 9.53 Å². The lowest BCUT2D eigenvalue weighted by Crippen LogP contribution is -2.22. The highest BCUT2D eigenvalue weighted by atomic mass is 35.5. The van der Waals surface area contributed by atoms with E-state index in [0.717, 1.165) is 19.3 Å². The summed E-state index contributed by atoms with van der Waals surface area (Å²) < 4.78 is 5.26. The summed E-state index contributed by atoms with van der Waals surface area (Å²) >= 11 is 5.63. The molecule has 3 heteroatoms. The molecule has 0 amide bonds. The first-order valence-corrected chi connectivity index (χ1v) is 8.88. The van der Waals surface area contributed by atoms with Gasteiger partial charge in [0.1, 0.15) is 6.61 Å². The molecule has 24 heavy (non-hydrogen) atoms. The third kappa shape index (κ3) is 3.88. The molecule has 0 heterocycles. The highest BCUT2D eigenvalue weighted by Gasteiger charge is 2.28. The van der Waals surface area contributed by atoms with E-state index >= 15 is 0 Å². The van der Waals surface area contributed by atoms with E-state index in [1.54, 1.807) is 0 Å². The second-order valence-corrected chi connectivity index (χ2v) is 6.36. The van der Waals surface area contributed by atoms with Gasteiger partial charge in [-0.05, 0) is 41.5 Å². The second-order valence-electron chi connectivity index (χ2n) is 5.99. The summed E-state index contributed by atoms with van der Waals surface area (Å²) in [7, 11) is 0. The number of alkyl halides is 1. The van der Waals surface area contributed by atoms with Crippen LogP contribution in [0.15, 0.2) is 60.7 Å². The molecular weight excluding hydrogens is 320 g/mol. The number of benzene rings is 2. The Labute approximate surface area is 148 Å². The minimum absolute atomic E-state index is 0.0871. The van der Waals surface area contributed by atoms with Crippen molar-refractivity contribution in [2.24, 2.45) is 5.92 Å². The van der Waals surface area contributed by atoms with E-state index in [1.807, 2.05) is 24.3 Å². The molecule has 0 aromatic heterocycles. The Morgan fingerprint density at radius 3 is 2.12 bits per heavy atom. The Bertz CT molecular complexity index is 707. The van der Waals surface area contributed by atoms with Crippen molar-refractivity contribution in [2.75, 3.05) is 12.5 Å². The van der Waals surface area contributed by atoms with Gasteiger partial charge in [-0.3, -0.25) is 4.79 Å². The molecule has 0 N–H and O–H groups in total. The molecule has 0 saturated heterocycles. The van der Waals surface area contributed by atoms with Crippen LogP contribution in [-0.4, -0.2) is 18.5 Å². The van der Waals surface area contributed by atoms with Crippen LogP contribution in [0.4, 0.5) is 0 Å². The van der Waals surface area contributed by atoms with Crippen molar-refractivity contribution in [1.29, 1.82) is 0 Å². The summed E-state index contributed by atoms with van der Waals surface area (Å²) in [5, 5.41) is 0. The Morgan fingerprint density at radius 2 is 1.54 bits per heavy atom. The fraction of sp³-hybridized carbons (Fsp3) is 0.286. The minimum Gasteiger partial charge on any atom is -0.464 e. The molecule has 3 rings (SSSR count). The quantitative estimate of drug-likeness (QED) is 0.553. The van der Waals surface area contributed by atoms with Gasteiger partial charge in [0.2, 0.25) is 0 Å². The highest BCUT2D eigenvalue weighted by molar-refractivity contribution is 6.18. The summed E-state index contributed by atoms with van der Waals surface area (Å²) in [6, 6.07) is 20.8. The Balaban J connectivity index is 1.93. The Kier molecular flexibility index (Phi) is 5.71. The van der Waals surface area contributed by atoms with E-state index in [2.05, 4.69) is 36.4 Å². The topological polar surface area (TPSA) is 26.3 Å². The zero-order valence-electron chi connectivity index (χ0n) is 13.6. The first-order chi connectivity index (χ1) is 11.8. The number of esters is 1. The summed E-state index contributed by atoms with van der Waals surface area (Å²) in [6.07, 6.45) is 2.42. The molecule has 1 aliphatic rings. The molecule has 0 spiro atoms. The maximum absolute atomic E-state index is 12.3. The van der Waals surface area contributed by atoms with Crippen LogP contribution in [0.25, 0.3) is 11.1 Å². The fourth-order valence-corrected chi connectivity index (χ4v) is 3.37. The molecular formula is C21H21ClO2. The van der Waals surface area contributed by atoms with Crippen LogP contribution in [0.3, 0.4) is 0 Å². The molecule has 0 bridgehead atoms. The average Bonchev–Trinajstić information content (AvgIpc) is 2.67. The molecule has 1 aliphatic carbocycles. The zero-order chi connectivity index (χ0) is 16.8. The number of ether oxygens (including phenoxy) is 1. The van der Waals surface area contributed by atoms with Gasteiger partial charge in [0.15, 0.2) is 0 Å². The molecule has 2 aromatic rings. The van der Waals surface area contributed by atoms with Crippen molar-refractivity contribution in [3.8, 4) is 0 Å². The molecule has 2 aromatic carbocycles. The van der Waals surface area contributed by atoms with Crippen LogP contribution < -0.4 is 0 Å². The lowest BCUT2D eigenvalue weighted by Gasteiger charge is -2.27. The van der Waals surface area contributed by atoms with Gasteiger partial charge in [0, 0.05) is 0 Å². The lowest BCUT2D eigenvalue weighted by molar-refractivity contribution is -0.148. The average molecular weight is 341 g/mol. The van der Waals surface area contributed by atoms with E-state index in [9.17, 15) is 4.79 Å². The van der Waals surface area contributed by atoms with Gasteiger partial charge in [0.05, 0.1) is 11.8 Å². The predicted molar refractivity (Wildman–Crippen MR) is 98.7 cm³/mol. The van der Waals surface area contributed by atoms with Gasteiger partial charge >= 0.3 is 5.97 Å². The molecule has 0 saturated carbocycles. The minimum atomic E-state index is -0.129. The Morgan fingerprint density at radius 1 is 0.958 bits per heavy atom. The van der Waals surface area contributed by atoms with Crippen molar-refractivity contribution in [1.82, 2.24) is 0 Å². The van der Waals surface area contributed by atoms with Gasteiger partial charge in [-0.25, -0.2) is 0 Å². The van der Waals surface area contributed by atoms with Gasteiger partial charge in [-0.15, -0.1) is 11.6 Å². The first kappa shape index (κ1) is 16.8. The van der Waals surface area contributed by atoms with Crippen molar-refractivity contribution in [3.05, 3.63) is 71.8 Å².